The molecule has 0 heterocycles. The number of hydrogen-bond acceptors (Lipinski definition) is 2. The molecule has 0 saturated heterocycles. The van der Waals surface area contributed by atoms with Crippen molar-refractivity contribution in [1.82, 2.24) is 0 Å². The van der Waals surface area contributed by atoms with Gasteiger partial charge in [0.1, 0.15) is 5.60 Å². The second-order valence-corrected chi connectivity index (χ2v) is 2.01. The molecular weight excluding hydrogens is 116 g/mol. The summed E-state index contributed by atoms with van der Waals surface area (Å²) in [6.07, 6.45) is 1.01. The monoisotopic (exact) mass is 126 g/mol. The minimum absolute atomic E-state index is 0.476. The molecule has 0 amide bonds. The minimum atomic E-state index is -0.999. The van der Waals surface area contributed by atoms with E-state index in [-0.39, 0.29) is 0 Å². The van der Waals surface area contributed by atoms with Gasteiger partial charge in [0, 0.05) is 0 Å². The Morgan fingerprint density at radius 3 is 2.67 bits per heavy atom. The van der Waals surface area contributed by atoms with Gasteiger partial charge in [-0.1, -0.05) is 12.8 Å². The largest absolute Gasteiger partial charge is 0.378 e. The van der Waals surface area contributed by atoms with Crippen LogP contribution in [0.15, 0.2) is 0 Å². The summed E-state index contributed by atoms with van der Waals surface area (Å²) in [5.41, 5.74) is -0.999. The van der Waals surface area contributed by atoms with Crippen molar-refractivity contribution in [3.05, 3.63) is 0 Å². The lowest BCUT2D eigenvalue weighted by molar-refractivity contribution is -0.103. The Kier molecular flexibility index (Phi) is 2.97. The van der Waals surface area contributed by atoms with Crippen molar-refractivity contribution in [3.8, 4) is 11.8 Å². The number of carbonyl (C=O) groups excluding carboxylic acids is 1. The highest BCUT2D eigenvalue weighted by Gasteiger charge is 2.11. The molecule has 0 aromatic carbocycles. The third-order valence-corrected chi connectivity index (χ3v) is 1.09. The van der Waals surface area contributed by atoms with Gasteiger partial charge in [0.05, 0.1) is 0 Å². The standard InChI is InChI=1S/C7H10O2/c1-3-7(2,9)5-4-6-8/h6,9H,3H2,1-2H3. The van der Waals surface area contributed by atoms with Gasteiger partial charge in [-0.05, 0) is 19.3 Å². The van der Waals surface area contributed by atoms with E-state index in [0.717, 1.165) is 0 Å². The van der Waals surface area contributed by atoms with Crippen LogP contribution in [-0.4, -0.2) is 17.0 Å². The molecule has 0 aromatic rings. The van der Waals surface area contributed by atoms with Gasteiger partial charge in [-0.15, -0.1) is 0 Å². The quantitative estimate of drug-likeness (QED) is 0.406. The van der Waals surface area contributed by atoms with Crippen LogP contribution in [-0.2, 0) is 4.79 Å². The highest BCUT2D eigenvalue weighted by atomic mass is 16.3. The van der Waals surface area contributed by atoms with Crippen LogP contribution in [0, 0.1) is 11.8 Å². The van der Waals surface area contributed by atoms with E-state index in [0.29, 0.717) is 12.7 Å². The van der Waals surface area contributed by atoms with Crippen LogP contribution in [0.3, 0.4) is 0 Å². The third-order valence-electron chi connectivity index (χ3n) is 1.09. The summed E-state index contributed by atoms with van der Waals surface area (Å²) in [7, 11) is 0. The number of hydrogen-bond donors (Lipinski definition) is 1. The van der Waals surface area contributed by atoms with E-state index in [2.05, 4.69) is 11.8 Å². The second kappa shape index (κ2) is 3.26. The molecule has 2 nitrogen and oxygen atoms in total. The molecule has 0 radical (unpaired) electrons. The highest BCUT2D eigenvalue weighted by Crippen LogP contribution is 2.04. The average molecular weight is 126 g/mol. The lowest BCUT2D eigenvalue weighted by atomic mass is 10.1. The molecule has 1 unspecified atom stereocenters. The Bertz CT molecular complexity index is 148. The van der Waals surface area contributed by atoms with Crippen LogP contribution in [0.25, 0.3) is 0 Å². The van der Waals surface area contributed by atoms with E-state index >= 15 is 0 Å². The van der Waals surface area contributed by atoms with Crippen molar-refractivity contribution in [2.24, 2.45) is 0 Å². The van der Waals surface area contributed by atoms with Crippen molar-refractivity contribution >= 4 is 6.29 Å². The summed E-state index contributed by atoms with van der Waals surface area (Å²) in [5, 5.41) is 9.12. The number of aldehydes is 1. The van der Waals surface area contributed by atoms with Crippen LogP contribution >= 0.6 is 0 Å². The average Bonchev–Trinajstić information content (AvgIpc) is 1.84. The first-order valence-electron chi connectivity index (χ1n) is 2.81. The summed E-state index contributed by atoms with van der Waals surface area (Å²) < 4.78 is 0. The summed E-state index contributed by atoms with van der Waals surface area (Å²) in [6, 6.07) is 0. The molecule has 0 aliphatic heterocycles. The maximum Gasteiger partial charge on any atom is 0.192 e. The lowest BCUT2D eigenvalue weighted by Crippen LogP contribution is -2.19. The van der Waals surface area contributed by atoms with Gasteiger partial charge in [0.2, 0.25) is 0 Å². The molecule has 0 fully saturated rings. The normalized spacial score (nSPS) is 15.0. The molecule has 0 rings (SSSR count). The molecule has 2 heteroatoms. The predicted octanol–water partition coefficient (Wildman–Crippen LogP) is 0.350. The summed E-state index contributed by atoms with van der Waals surface area (Å²) >= 11 is 0. The van der Waals surface area contributed by atoms with Crippen molar-refractivity contribution in [2.75, 3.05) is 0 Å². The summed E-state index contributed by atoms with van der Waals surface area (Å²) in [6.45, 7) is 3.38. The summed E-state index contributed by atoms with van der Waals surface area (Å²) in [5.74, 6) is 4.55. The summed E-state index contributed by atoms with van der Waals surface area (Å²) in [4.78, 5) is 9.68. The third kappa shape index (κ3) is 3.75. The van der Waals surface area contributed by atoms with Crippen LogP contribution in [0.1, 0.15) is 20.3 Å². The topological polar surface area (TPSA) is 37.3 Å². The van der Waals surface area contributed by atoms with Gasteiger partial charge in [-0.3, -0.25) is 4.79 Å². The van der Waals surface area contributed by atoms with E-state index in [4.69, 9.17) is 5.11 Å². The van der Waals surface area contributed by atoms with Crippen LogP contribution in [0.5, 0.6) is 0 Å². The zero-order valence-electron chi connectivity index (χ0n) is 5.64. The Morgan fingerprint density at radius 1 is 1.78 bits per heavy atom. The predicted molar refractivity (Wildman–Crippen MR) is 34.8 cm³/mol. The Balaban J connectivity index is 3.99. The van der Waals surface area contributed by atoms with Gasteiger partial charge >= 0.3 is 0 Å². The van der Waals surface area contributed by atoms with E-state index < -0.39 is 5.60 Å². The van der Waals surface area contributed by atoms with Crippen LogP contribution in [0.4, 0.5) is 0 Å². The first-order valence-corrected chi connectivity index (χ1v) is 2.81. The highest BCUT2D eigenvalue weighted by molar-refractivity contribution is 5.72. The molecule has 9 heavy (non-hydrogen) atoms. The van der Waals surface area contributed by atoms with Crippen molar-refractivity contribution in [2.45, 2.75) is 25.9 Å². The molecular formula is C7H10O2. The van der Waals surface area contributed by atoms with E-state index in [9.17, 15) is 4.79 Å². The minimum Gasteiger partial charge on any atom is -0.378 e. The Morgan fingerprint density at radius 2 is 2.33 bits per heavy atom. The molecule has 0 spiro atoms. The van der Waals surface area contributed by atoms with Crippen molar-refractivity contribution in [1.29, 1.82) is 0 Å². The van der Waals surface area contributed by atoms with E-state index in [1.54, 1.807) is 13.8 Å². The molecule has 0 aromatic heterocycles. The SMILES string of the molecule is CCC(C)(O)C#CC=O. The van der Waals surface area contributed by atoms with Gasteiger partial charge in [0.15, 0.2) is 6.29 Å². The maximum atomic E-state index is 9.68. The van der Waals surface area contributed by atoms with Crippen LogP contribution < -0.4 is 0 Å². The fourth-order valence-electron chi connectivity index (χ4n) is 0.273. The first-order chi connectivity index (χ1) is 4.12. The van der Waals surface area contributed by atoms with E-state index in [1.807, 2.05) is 0 Å². The number of rotatable bonds is 1. The molecule has 0 bridgehead atoms. The zero-order chi connectivity index (χ0) is 7.33. The van der Waals surface area contributed by atoms with Gasteiger partial charge < -0.3 is 5.11 Å². The van der Waals surface area contributed by atoms with Crippen LogP contribution in [0.2, 0.25) is 0 Å². The fraction of sp³-hybridized carbons (Fsp3) is 0.571. The zero-order valence-corrected chi connectivity index (χ0v) is 5.64. The molecule has 0 saturated carbocycles. The second-order valence-electron chi connectivity index (χ2n) is 2.01. The number of aliphatic hydroxyl groups is 1. The molecule has 50 valence electrons. The number of carbonyl (C=O) groups is 1. The van der Waals surface area contributed by atoms with Gasteiger partial charge in [-0.2, -0.15) is 0 Å². The van der Waals surface area contributed by atoms with Crippen molar-refractivity contribution < 1.29 is 9.90 Å². The molecule has 1 atom stereocenters. The first kappa shape index (κ1) is 8.19. The molecule has 0 aliphatic rings. The van der Waals surface area contributed by atoms with E-state index in [1.165, 1.54) is 0 Å². The Hall–Kier alpha value is -0.810. The molecule has 1 N–H and O–H groups in total. The van der Waals surface area contributed by atoms with Crippen molar-refractivity contribution in [3.63, 3.8) is 0 Å². The lowest BCUT2D eigenvalue weighted by Gasteiger charge is -2.10. The Labute approximate surface area is 54.9 Å². The smallest absolute Gasteiger partial charge is 0.192 e. The van der Waals surface area contributed by atoms with Gasteiger partial charge in [0.25, 0.3) is 0 Å². The maximum absolute atomic E-state index is 9.68. The fourth-order valence-corrected chi connectivity index (χ4v) is 0.273. The molecule has 0 aliphatic carbocycles. The van der Waals surface area contributed by atoms with Gasteiger partial charge in [-0.25, -0.2) is 0 Å².